The number of aromatic hydroxyl groups is 1. The van der Waals surface area contributed by atoms with E-state index < -0.39 is 0 Å². The lowest BCUT2D eigenvalue weighted by molar-refractivity contribution is 0.104. The molecule has 2 nitrogen and oxygen atoms in total. The highest BCUT2D eigenvalue weighted by Crippen LogP contribution is 2.31. The Morgan fingerprint density at radius 3 is 1.65 bits per heavy atom. The lowest BCUT2D eigenvalue weighted by Gasteiger charge is -2.17. The van der Waals surface area contributed by atoms with Gasteiger partial charge < -0.3 is 5.11 Å². The maximum atomic E-state index is 13.7. The molecule has 1 unspecified atom stereocenters. The molecule has 0 saturated heterocycles. The zero-order valence-electron chi connectivity index (χ0n) is 21.1. The second-order valence-corrected chi connectivity index (χ2v) is 10.5. The van der Waals surface area contributed by atoms with Crippen LogP contribution in [0.1, 0.15) is 60.8 Å². The van der Waals surface area contributed by atoms with Gasteiger partial charge in [0.2, 0.25) is 0 Å². The van der Waals surface area contributed by atoms with Gasteiger partial charge in [-0.2, -0.15) is 0 Å². The van der Waals surface area contributed by atoms with Crippen molar-refractivity contribution in [2.75, 3.05) is 0 Å². The fourth-order valence-electron chi connectivity index (χ4n) is 5.69. The van der Waals surface area contributed by atoms with Crippen LogP contribution in [0.5, 0.6) is 5.75 Å². The van der Waals surface area contributed by atoms with Crippen LogP contribution in [0.2, 0.25) is 0 Å². The van der Waals surface area contributed by atoms with Crippen LogP contribution in [-0.4, -0.2) is 10.9 Å². The van der Waals surface area contributed by atoms with Gasteiger partial charge in [-0.25, -0.2) is 0 Å². The third-order valence-electron chi connectivity index (χ3n) is 8.05. The molecule has 8 bridgehead atoms. The minimum Gasteiger partial charge on any atom is -0.507 e. The quantitative estimate of drug-likeness (QED) is 0.248. The second kappa shape index (κ2) is 10.2. The number of hydrogen-bond acceptors (Lipinski definition) is 2. The molecule has 0 amide bonds. The molecular weight excluding hydrogens is 452 g/mol. The Bertz CT molecular complexity index is 1440. The standard InChI is InChI=1S/C35H32O2/c36-33(34-30-17-13-25-2-4-26(5-3-25)14-18-31(20-19-30)35(34)37)22-21-32-23-28-9-7-24(8-10-28)1-6-27-11-15-29(32)16-12-27/h2-5,7-12,15-16,19-22,32,37H,1,6,13-14,17-18,23H2/b22-21+. The molecule has 0 aliphatic heterocycles. The predicted octanol–water partition coefficient (Wildman–Crippen LogP) is 7.14. The van der Waals surface area contributed by atoms with E-state index in [0.29, 0.717) is 12.0 Å². The van der Waals surface area contributed by atoms with Crippen LogP contribution in [0.25, 0.3) is 0 Å². The van der Waals surface area contributed by atoms with Crippen molar-refractivity contribution in [1.29, 1.82) is 0 Å². The molecule has 0 heterocycles. The fraction of sp³-hybridized carbons (Fsp3) is 0.229. The highest BCUT2D eigenvalue weighted by atomic mass is 16.3. The number of rotatable bonds is 3. The van der Waals surface area contributed by atoms with Crippen LogP contribution in [-0.2, 0) is 44.9 Å². The first-order valence-corrected chi connectivity index (χ1v) is 13.4. The van der Waals surface area contributed by atoms with E-state index in [9.17, 15) is 9.90 Å². The van der Waals surface area contributed by atoms with Crippen LogP contribution >= 0.6 is 0 Å². The normalized spacial score (nSPS) is 16.8. The molecule has 0 saturated carbocycles. The Morgan fingerprint density at radius 1 is 0.595 bits per heavy atom. The Labute approximate surface area is 219 Å². The molecule has 0 aromatic heterocycles. The van der Waals surface area contributed by atoms with E-state index in [1.807, 2.05) is 18.2 Å². The number of allylic oxidation sites excluding steroid dienone is 2. The van der Waals surface area contributed by atoms with Crippen LogP contribution < -0.4 is 0 Å². The topological polar surface area (TPSA) is 37.3 Å². The minimum absolute atomic E-state index is 0.0839. The van der Waals surface area contributed by atoms with Crippen LogP contribution in [0.4, 0.5) is 0 Å². The number of phenols is 1. The fourth-order valence-corrected chi connectivity index (χ4v) is 5.69. The highest BCUT2D eigenvalue weighted by Gasteiger charge is 2.20. The zero-order valence-corrected chi connectivity index (χ0v) is 21.1. The molecule has 4 aromatic rings. The van der Waals surface area contributed by atoms with E-state index >= 15 is 0 Å². The van der Waals surface area contributed by atoms with Gasteiger partial charge in [0, 0.05) is 5.92 Å². The summed E-state index contributed by atoms with van der Waals surface area (Å²) in [4.78, 5) is 13.7. The average molecular weight is 485 g/mol. The molecule has 184 valence electrons. The molecule has 0 spiro atoms. The van der Waals surface area contributed by atoms with Crippen LogP contribution in [0.15, 0.2) is 97.1 Å². The third kappa shape index (κ3) is 5.15. The third-order valence-corrected chi connectivity index (χ3v) is 8.05. The number of carbonyl (C=O) groups excluding carboxylic acids is 1. The highest BCUT2D eigenvalue weighted by molar-refractivity contribution is 6.08. The van der Waals surface area contributed by atoms with Crippen molar-refractivity contribution in [1.82, 2.24) is 0 Å². The van der Waals surface area contributed by atoms with Gasteiger partial charge in [0.05, 0.1) is 5.56 Å². The molecular formula is C35H32O2. The smallest absolute Gasteiger partial charge is 0.189 e. The van der Waals surface area contributed by atoms with Crippen LogP contribution in [0, 0.1) is 0 Å². The molecule has 4 aromatic carbocycles. The first-order valence-electron chi connectivity index (χ1n) is 13.4. The minimum atomic E-state index is -0.113. The number of aryl methyl sites for hydroxylation is 6. The Hall–Kier alpha value is -3.91. The van der Waals surface area contributed by atoms with Gasteiger partial charge in [0.25, 0.3) is 0 Å². The van der Waals surface area contributed by atoms with Crippen molar-refractivity contribution in [3.05, 3.63) is 147 Å². The SMILES string of the molecule is O=C(/C=C/C1Cc2ccc(cc2)CCc2ccc1cc2)c1c2ccc(c1O)CCc1ccc(cc1)CC2. The Morgan fingerprint density at radius 2 is 1.05 bits per heavy atom. The number of carbonyl (C=O) groups is 1. The Kier molecular flexibility index (Phi) is 6.49. The largest absolute Gasteiger partial charge is 0.507 e. The monoisotopic (exact) mass is 484 g/mol. The summed E-state index contributed by atoms with van der Waals surface area (Å²) < 4.78 is 0. The summed E-state index contributed by atoms with van der Waals surface area (Å²) in [5.41, 5.74) is 9.89. The molecule has 2 heteroatoms. The van der Waals surface area contributed by atoms with E-state index in [-0.39, 0.29) is 17.5 Å². The van der Waals surface area contributed by atoms with Crippen molar-refractivity contribution in [3.8, 4) is 5.75 Å². The van der Waals surface area contributed by atoms with Gasteiger partial charge >= 0.3 is 0 Å². The summed E-state index contributed by atoms with van der Waals surface area (Å²) in [5.74, 6) is 0.125. The number of phenolic OH excluding ortho intramolecular Hbond substituents is 1. The van der Waals surface area contributed by atoms with E-state index in [1.165, 1.54) is 33.4 Å². The van der Waals surface area contributed by atoms with Gasteiger partial charge in [-0.15, -0.1) is 0 Å². The summed E-state index contributed by atoms with van der Waals surface area (Å²) in [7, 11) is 0. The van der Waals surface area contributed by atoms with Crippen LogP contribution in [0.3, 0.4) is 0 Å². The lowest BCUT2D eigenvalue weighted by atomic mass is 9.87. The van der Waals surface area contributed by atoms with Crippen molar-refractivity contribution in [2.24, 2.45) is 0 Å². The van der Waals surface area contributed by atoms with Gasteiger partial charge in [-0.05, 0) is 95.5 Å². The van der Waals surface area contributed by atoms with Gasteiger partial charge in [-0.1, -0.05) is 91.0 Å². The summed E-state index contributed by atoms with van der Waals surface area (Å²) in [6.45, 7) is 0. The summed E-state index contributed by atoms with van der Waals surface area (Å²) in [6, 6.07) is 30.5. The first-order chi connectivity index (χ1) is 18.1. The number of ketones is 1. The van der Waals surface area contributed by atoms with E-state index in [1.54, 1.807) is 6.08 Å². The molecule has 0 radical (unpaired) electrons. The molecule has 12 rings (SSSR count). The Balaban J connectivity index is 1.32. The maximum Gasteiger partial charge on any atom is 0.189 e. The van der Waals surface area contributed by atoms with Crippen molar-refractivity contribution >= 4 is 5.78 Å². The number of benzene rings is 4. The average Bonchev–Trinajstić information content (AvgIpc) is 2.91. The summed E-state index contributed by atoms with van der Waals surface area (Å²) in [6.07, 6.45) is 9.75. The van der Waals surface area contributed by atoms with Crippen molar-refractivity contribution in [2.45, 2.75) is 50.9 Å². The maximum absolute atomic E-state index is 13.7. The predicted molar refractivity (Wildman–Crippen MR) is 150 cm³/mol. The van der Waals surface area contributed by atoms with Crippen molar-refractivity contribution < 1.29 is 9.90 Å². The van der Waals surface area contributed by atoms with E-state index in [2.05, 4.69) is 72.8 Å². The molecule has 1 N–H and O–H groups in total. The summed E-state index contributed by atoms with van der Waals surface area (Å²) >= 11 is 0. The molecule has 1 atom stereocenters. The van der Waals surface area contributed by atoms with E-state index in [4.69, 9.17) is 0 Å². The number of hydrogen-bond donors (Lipinski definition) is 1. The molecule has 37 heavy (non-hydrogen) atoms. The zero-order chi connectivity index (χ0) is 25.2. The van der Waals surface area contributed by atoms with Gasteiger partial charge in [0.1, 0.15) is 5.75 Å². The van der Waals surface area contributed by atoms with Gasteiger partial charge in [-0.3, -0.25) is 4.79 Å². The summed E-state index contributed by atoms with van der Waals surface area (Å²) in [5, 5.41) is 11.2. The first kappa shape index (κ1) is 23.5. The molecule has 8 aliphatic carbocycles. The van der Waals surface area contributed by atoms with Crippen molar-refractivity contribution in [3.63, 3.8) is 0 Å². The van der Waals surface area contributed by atoms with Gasteiger partial charge in [0.15, 0.2) is 5.78 Å². The second-order valence-electron chi connectivity index (χ2n) is 10.5. The van der Waals surface area contributed by atoms with E-state index in [0.717, 1.165) is 49.7 Å². The molecule has 8 aliphatic rings. The lowest BCUT2D eigenvalue weighted by Crippen LogP contribution is -2.08. The molecule has 0 fully saturated rings.